The third-order valence-corrected chi connectivity index (χ3v) is 5.28. The molecule has 0 bridgehead atoms. The average molecular weight is 397 g/mol. The van der Waals surface area contributed by atoms with Gasteiger partial charge in [0.05, 0.1) is 12.9 Å². The molecule has 28 heavy (non-hydrogen) atoms. The Hall–Kier alpha value is -2.80. The highest BCUT2D eigenvalue weighted by molar-refractivity contribution is 7.99. The van der Waals surface area contributed by atoms with E-state index in [1.165, 1.54) is 11.8 Å². The highest BCUT2D eigenvalue weighted by atomic mass is 32.2. The summed E-state index contributed by atoms with van der Waals surface area (Å²) in [6.45, 7) is 4.04. The van der Waals surface area contributed by atoms with Gasteiger partial charge in [0.1, 0.15) is 5.75 Å². The van der Waals surface area contributed by atoms with Crippen LogP contribution in [0.3, 0.4) is 0 Å². The molecular weight excluding hydrogens is 372 g/mol. The predicted molar refractivity (Wildman–Crippen MR) is 112 cm³/mol. The maximum atomic E-state index is 12.2. The lowest BCUT2D eigenvalue weighted by molar-refractivity contribution is -0.119. The van der Waals surface area contributed by atoms with Crippen molar-refractivity contribution in [3.8, 4) is 22.8 Å². The van der Waals surface area contributed by atoms with Gasteiger partial charge in [-0.1, -0.05) is 36.9 Å². The van der Waals surface area contributed by atoms with E-state index in [-0.39, 0.29) is 17.7 Å². The fraction of sp³-hybridized carbons (Fsp3) is 0.286. The summed E-state index contributed by atoms with van der Waals surface area (Å²) in [5.41, 5.74) is 1.87. The highest BCUT2D eigenvalue weighted by Crippen LogP contribution is 2.28. The molecule has 0 aliphatic heterocycles. The molecule has 3 rings (SSSR count). The Kier molecular flexibility index (Phi) is 6.71. The molecule has 0 saturated heterocycles. The minimum absolute atomic E-state index is 0.00652. The lowest BCUT2D eigenvalue weighted by Gasteiger charge is -2.12. The molecule has 0 spiro atoms. The summed E-state index contributed by atoms with van der Waals surface area (Å²) >= 11 is 1.38. The summed E-state index contributed by atoms with van der Waals surface area (Å²) in [5.74, 6) is 1.79. The Morgan fingerprint density at radius 3 is 2.50 bits per heavy atom. The summed E-state index contributed by atoms with van der Waals surface area (Å²) in [6.07, 6.45) is 0.901. The topological polar surface area (TPSA) is 69.0 Å². The summed E-state index contributed by atoms with van der Waals surface area (Å²) in [5, 5.41) is 12.4. The summed E-state index contributed by atoms with van der Waals surface area (Å²) in [7, 11) is 1.64. The third kappa shape index (κ3) is 4.72. The molecule has 3 aromatic rings. The number of carbonyl (C=O) groups excluding carboxylic acids is 1. The largest absolute Gasteiger partial charge is 0.497 e. The first-order valence-corrected chi connectivity index (χ1v) is 10.2. The van der Waals surface area contributed by atoms with Crippen molar-refractivity contribution in [2.45, 2.75) is 31.5 Å². The van der Waals surface area contributed by atoms with Crippen molar-refractivity contribution < 1.29 is 9.53 Å². The number of nitrogens with zero attached hydrogens (tertiary/aromatic N) is 3. The first-order chi connectivity index (χ1) is 13.6. The predicted octanol–water partition coefficient (Wildman–Crippen LogP) is 3.95. The molecule has 0 radical (unpaired) electrons. The second-order valence-electron chi connectivity index (χ2n) is 6.37. The lowest BCUT2D eigenvalue weighted by atomic mass is 10.2. The van der Waals surface area contributed by atoms with Crippen LogP contribution in [0, 0.1) is 0 Å². The molecule has 1 N–H and O–H groups in total. The van der Waals surface area contributed by atoms with Crippen molar-refractivity contribution in [1.29, 1.82) is 0 Å². The van der Waals surface area contributed by atoms with Gasteiger partial charge in [-0.05, 0) is 49.7 Å². The number of hydrogen-bond donors (Lipinski definition) is 1. The number of thioether (sulfide) groups is 1. The monoisotopic (exact) mass is 396 g/mol. The molecule has 1 atom stereocenters. The fourth-order valence-electron chi connectivity index (χ4n) is 2.65. The maximum absolute atomic E-state index is 12.2. The molecule has 0 saturated carbocycles. The van der Waals surface area contributed by atoms with E-state index in [2.05, 4.69) is 15.5 Å². The number of nitrogens with one attached hydrogen (secondary N) is 1. The van der Waals surface area contributed by atoms with E-state index >= 15 is 0 Å². The van der Waals surface area contributed by atoms with E-state index in [1.807, 2.05) is 73.0 Å². The SMILES string of the molecule is CCC(C)NC(=O)CSc1nnc(-c2ccc(OC)cc2)n1-c1ccccc1. The second kappa shape index (κ2) is 9.41. The van der Waals surface area contributed by atoms with Gasteiger partial charge in [-0.2, -0.15) is 0 Å². The minimum atomic E-state index is -0.00652. The van der Waals surface area contributed by atoms with Gasteiger partial charge in [0.25, 0.3) is 0 Å². The summed E-state index contributed by atoms with van der Waals surface area (Å²) < 4.78 is 7.21. The quantitative estimate of drug-likeness (QED) is 0.584. The molecule has 1 heterocycles. The normalized spacial score (nSPS) is 11.8. The van der Waals surface area contributed by atoms with Gasteiger partial charge in [-0.3, -0.25) is 9.36 Å². The van der Waals surface area contributed by atoms with E-state index in [1.54, 1.807) is 7.11 Å². The Morgan fingerprint density at radius 2 is 1.86 bits per heavy atom. The van der Waals surface area contributed by atoms with Gasteiger partial charge in [-0.25, -0.2) is 0 Å². The Bertz CT molecular complexity index is 910. The van der Waals surface area contributed by atoms with E-state index < -0.39 is 0 Å². The number of para-hydroxylation sites is 1. The van der Waals surface area contributed by atoms with Crippen molar-refractivity contribution in [3.63, 3.8) is 0 Å². The van der Waals surface area contributed by atoms with Crippen LogP contribution in [0.25, 0.3) is 17.1 Å². The fourth-order valence-corrected chi connectivity index (χ4v) is 3.41. The zero-order valence-electron chi connectivity index (χ0n) is 16.3. The zero-order valence-corrected chi connectivity index (χ0v) is 17.1. The van der Waals surface area contributed by atoms with Crippen molar-refractivity contribution in [2.24, 2.45) is 0 Å². The number of ether oxygens (including phenoxy) is 1. The summed E-state index contributed by atoms with van der Waals surface area (Å²) in [4.78, 5) is 12.2. The zero-order chi connectivity index (χ0) is 19.9. The van der Waals surface area contributed by atoms with Crippen LogP contribution in [0.1, 0.15) is 20.3 Å². The molecule has 0 aliphatic rings. The molecule has 6 nitrogen and oxygen atoms in total. The van der Waals surface area contributed by atoms with Crippen LogP contribution < -0.4 is 10.1 Å². The molecule has 1 aromatic heterocycles. The first kappa shape index (κ1) is 19.9. The van der Waals surface area contributed by atoms with E-state index in [4.69, 9.17) is 4.74 Å². The van der Waals surface area contributed by atoms with Crippen LogP contribution in [0.2, 0.25) is 0 Å². The molecule has 0 aliphatic carbocycles. The number of hydrogen-bond acceptors (Lipinski definition) is 5. The van der Waals surface area contributed by atoms with E-state index in [0.29, 0.717) is 5.16 Å². The first-order valence-electron chi connectivity index (χ1n) is 9.19. The third-order valence-electron chi connectivity index (χ3n) is 4.35. The van der Waals surface area contributed by atoms with Crippen LogP contribution in [0.15, 0.2) is 59.8 Å². The van der Waals surface area contributed by atoms with Crippen molar-refractivity contribution in [1.82, 2.24) is 20.1 Å². The van der Waals surface area contributed by atoms with Gasteiger partial charge in [0.15, 0.2) is 11.0 Å². The lowest BCUT2D eigenvalue weighted by Crippen LogP contribution is -2.33. The van der Waals surface area contributed by atoms with Crippen LogP contribution in [0.4, 0.5) is 0 Å². The molecule has 7 heteroatoms. The average Bonchev–Trinajstić information content (AvgIpc) is 3.16. The second-order valence-corrected chi connectivity index (χ2v) is 7.31. The number of aromatic nitrogens is 3. The van der Waals surface area contributed by atoms with Crippen LogP contribution in [-0.4, -0.2) is 39.6 Å². The van der Waals surface area contributed by atoms with Gasteiger partial charge in [0, 0.05) is 17.3 Å². The van der Waals surface area contributed by atoms with Gasteiger partial charge >= 0.3 is 0 Å². The molecule has 146 valence electrons. The maximum Gasteiger partial charge on any atom is 0.230 e. The minimum Gasteiger partial charge on any atom is -0.497 e. The van der Waals surface area contributed by atoms with Crippen LogP contribution >= 0.6 is 11.8 Å². The van der Waals surface area contributed by atoms with E-state index in [0.717, 1.165) is 29.2 Å². The highest BCUT2D eigenvalue weighted by Gasteiger charge is 2.17. The number of rotatable bonds is 8. The van der Waals surface area contributed by atoms with Gasteiger partial charge < -0.3 is 10.1 Å². The van der Waals surface area contributed by atoms with E-state index in [9.17, 15) is 4.79 Å². The molecule has 0 fully saturated rings. The molecular formula is C21H24N4O2S. The van der Waals surface area contributed by atoms with Crippen LogP contribution in [-0.2, 0) is 4.79 Å². The summed E-state index contributed by atoms with van der Waals surface area (Å²) in [6, 6.07) is 17.8. The number of methoxy groups -OCH3 is 1. The van der Waals surface area contributed by atoms with Gasteiger partial charge in [0.2, 0.25) is 5.91 Å². The standard InChI is InChI=1S/C21H24N4O2S/c1-4-15(2)22-19(26)14-28-21-24-23-20(16-10-12-18(27-3)13-11-16)25(21)17-8-6-5-7-9-17/h5-13,15H,4,14H2,1-3H3,(H,22,26). The number of benzene rings is 2. The van der Waals surface area contributed by atoms with Crippen molar-refractivity contribution in [3.05, 3.63) is 54.6 Å². The smallest absolute Gasteiger partial charge is 0.230 e. The van der Waals surface area contributed by atoms with Crippen molar-refractivity contribution in [2.75, 3.05) is 12.9 Å². The Morgan fingerprint density at radius 1 is 1.14 bits per heavy atom. The van der Waals surface area contributed by atoms with Crippen molar-refractivity contribution >= 4 is 17.7 Å². The Labute approximate surface area is 169 Å². The molecule has 1 unspecified atom stereocenters. The van der Waals surface area contributed by atoms with Crippen LogP contribution in [0.5, 0.6) is 5.75 Å². The van der Waals surface area contributed by atoms with Gasteiger partial charge in [-0.15, -0.1) is 10.2 Å². The number of amides is 1. The number of carbonyl (C=O) groups is 1. The molecule has 1 amide bonds. The Balaban J connectivity index is 1.90. The molecule has 2 aromatic carbocycles.